The zero-order chi connectivity index (χ0) is 16.7. The average molecular weight is 378 g/mol. The van der Waals surface area contributed by atoms with Crippen LogP contribution in [0.1, 0.15) is 24.8 Å². The van der Waals surface area contributed by atoms with Gasteiger partial charge in [-0.15, -0.1) is 12.4 Å². The average Bonchev–Trinajstić information content (AvgIpc) is 2.55. The second-order valence-electron chi connectivity index (χ2n) is 5.50. The number of benzene rings is 1. The van der Waals surface area contributed by atoms with E-state index in [1.54, 1.807) is 0 Å². The maximum absolute atomic E-state index is 10.6. The van der Waals surface area contributed by atoms with Crippen LogP contribution in [-0.4, -0.2) is 52.4 Å². The Morgan fingerprint density at radius 1 is 1.33 bits per heavy atom. The van der Waals surface area contributed by atoms with Gasteiger partial charge < -0.3 is 14.8 Å². The van der Waals surface area contributed by atoms with E-state index in [1.165, 1.54) is 30.7 Å². The predicted molar refractivity (Wildman–Crippen MR) is 95.0 cm³/mol. The van der Waals surface area contributed by atoms with E-state index in [-0.39, 0.29) is 29.9 Å². The Kier molecular flexibility index (Phi) is 8.99. The second kappa shape index (κ2) is 10.5. The summed E-state index contributed by atoms with van der Waals surface area (Å²) in [6, 6.07) is 5.69. The van der Waals surface area contributed by atoms with Gasteiger partial charge in [0.1, 0.15) is 12.7 Å². The van der Waals surface area contributed by atoms with Gasteiger partial charge in [0.15, 0.2) is 5.17 Å². The fourth-order valence-corrected chi connectivity index (χ4v) is 2.62. The molecule has 0 aromatic heterocycles. The van der Waals surface area contributed by atoms with Gasteiger partial charge in [0.05, 0.1) is 4.92 Å². The van der Waals surface area contributed by atoms with Crippen LogP contribution in [0.5, 0.6) is 0 Å². The third-order valence-electron chi connectivity index (χ3n) is 3.65. The van der Waals surface area contributed by atoms with Gasteiger partial charge in [-0.2, -0.15) is 0 Å². The van der Waals surface area contributed by atoms with Gasteiger partial charge in [0.2, 0.25) is 0 Å². The molecule has 1 aliphatic heterocycles. The van der Waals surface area contributed by atoms with Crippen LogP contribution < -0.4 is 0 Å². The number of hydrogen-bond acceptors (Lipinski definition) is 6. The highest BCUT2D eigenvalue weighted by molar-refractivity contribution is 6.69. The van der Waals surface area contributed by atoms with Crippen molar-refractivity contribution in [2.24, 2.45) is 5.16 Å². The van der Waals surface area contributed by atoms with Crippen LogP contribution in [0.3, 0.4) is 0 Å². The smallest absolute Gasteiger partial charge is 0.269 e. The first kappa shape index (κ1) is 20.6. The van der Waals surface area contributed by atoms with E-state index in [0.717, 1.165) is 25.9 Å². The number of piperidine rings is 1. The molecule has 134 valence electrons. The van der Waals surface area contributed by atoms with Crippen molar-refractivity contribution in [2.45, 2.75) is 25.4 Å². The second-order valence-corrected chi connectivity index (χ2v) is 5.85. The van der Waals surface area contributed by atoms with E-state index in [1.807, 2.05) is 0 Å². The number of aliphatic hydroxyl groups excluding tert-OH is 1. The van der Waals surface area contributed by atoms with Gasteiger partial charge in [-0.3, -0.25) is 10.1 Å². The minimum absolute atomic E-state index is 0. The molecule has 2 rings (SSSR count). The Labute approximate surface area is 151 Å². The van der Waals surface area contributed by atoms with Crippen molar-refractivity contribution in [3.8, 4) is 0 Å². The van der Waals surface area contributed by atoms with Gasteiger partial charge in [0, 0.05) is 24.2 Å². The van der Waals surface area contributed by atoms with Crippen LogP contribution in [0.15, 0.2) is 29.4 Å². The summed E-state index contributed by atoms with van der Waals surface area (Å²) in [4.78, 5) is 17.4. The van der Waals surface area contributed by atoms with Gasteiger partial charge in [-0.1, -0.05) is 23.2 Å². The molecular formula is C15H21Cl2N3O4. The summed E-state index contributed by atoms with van der Waals surface area (Å²) in [5.41, 5.74) is 0.499. The highest BCUT2D eigenvalue weighted by Gasteiger charge is 2.15. The predicted octanol–water partition coefficient (Wildman–Crippen LogP) is 2.78. The van der Waals surface area contributed by atoms with E-state index in [9.17, 15) is 15.2 Å². The lowest BCUT2D eigenvalue weighted by Crippen LogP contribution is -2.38. The number of nitro benzene ring substituents is 1. The van der Waals surface area contributed by atoms with Crippen molar-refractivity contribution in [3.63, 3.8) is 0 Å². The van der Waals surface area contributed by atoms with E-state index in [0.29, 0.717) is 12.1 Å². The number of aliphatic hydroxyl groups is 1. The standard InChI is InChI=1S/C15H20ClN3O4.ClH/c16-15(12-4-6-13(7-5-12)19(21)22)17-23-11-14(20)10-18-8-2-1-3-9-18;/h4-7,14,20H,1-3,8-11H2;1H/b17-15-;. The number of nitro groups is 1. The topological polar surface area (TPSA) is 88.2 Å². The number of nitrogens with zero attached hydrogens (tertiary/aromatic N) is 3. The van der Waals surface area contributed by atoms with Crippen molar-refractivity contribution < 1.29 is 14.9 Å². The summed E-state index contributed by atoms with van der Waals surface area (Å²) in [5.74, 6) is 0. The Morgan fingerprint density at radius 3 is 2.54 bits per heavy atom. The molecule has 1 atom stereocenters. The van der Waals surface area contributed by atoms with Crippen LogP contribution in [0, 0.1) is 10.1 Å². The molecule has 9 heteroatoms. The lowest BCUT2D eigenvalue weighted by molar-refractivity contribution is -0.384. The lowest BCUT2D eigenvalue weighted by atomic mass is 10.1. The number of likely N-dealkylation sites (tertiary alicyclic amines) is 1. The molecule has 0 spiro atoms. The molecule has 0 aliphatic carbocycles. The summed E-state index contributed by atoms with van der Waals surface area (Å²) in [5, 5.41) is 24.3. The highest BCUT2D eigenvalue weighted by atomic mass is 35.5. The molecule has 24 heavy (non-hydrogen) atoms. The number of β-amino-alcohol motifs (C(OH)–C–C–N with tert-alkyl or cyclic N) is 1. The molecule has 1 aromatic rings. The highest BCUT2D eigenvalue weighted by Crippen LogP contribution is 2.14. The van der Waals surface area contributed by atoms with Crippen molar-refractivity contribution in [3.05, 3.63) is 39.9 Å². The van der Waals surface area contributed by atoms with Crippen LogP contribution in [0.25, 0.3) is 0 Å². The van der Waals surface area contributed by atoms with E-state index >= 15 is 0 Å². The molecule has 1 fully saturated rings. The Balaban J connectivity index is 0.00000288. The molecule has 0 amide bonds. The molecule has 1 saturated heterocycles. The minimum Gasteiger partial charge on any atom is -0.392 e. The zero-order valence-electron chi connectivity index (χ0n) is 13.1. The molecule has 0 radical (unpaired) electrons. The molecule has 0 bridgehead atoms. The first-order valence-electron chi connectivity index (χ1n) is 7.57. The first-order valence-corrected chi connectivity index (χ1v) is 7.95. The molecule has 1 N–H and O–H groups in total. The summed E-state index contributed by atoms with van der Waals surface area (Å²) < 4.78 is 0. The SMILES string of the molecule is Cl.O=[N+]([O-])c1ccc(/C(Cl)=N/OCC(O)CN2CCCCC2)cc1. The molecular weight excluding hydrogens is 357 g/mol. The van der Waals surface area contributed by atoms with Crippen LogP contribution in [0.2, 0.25) is 0 Å². The van der Waals surface area contributed by atoms with Crippen LogP contribution in [-0.2, 0) is 4.84 Å². The number of rotatable bonds is 7. The molecule has 1 aromatic carbocycles. The van der Waals surface area contributed by atoms with Crippen LogP contribution in [0.4, 0.5) is 5.69 Å². The van der Waals surface area contributed by atoms with Crippen LogP contribution >= 0.6 is 24.0 Å². The lowest BCUT2D eigenvalue weighted by Gasteiger charge is -2.27. The van der Waals surface area contributed by atoms with Gasteiger partial charge in [-0.25, -0.2) is 0 Å². The van der Waals surface area contributed by atoms with Gasteiger partial charge in [-0.05, 0) is 38.1 Å². The fraction of sp³-hybridized carbons (Fsp3) is 0.533. The van der Waals surface area contributed by atoms with Crippen molar-refractivity contribution in [2.75, 3.05) is 26.2 Å². The zero-order valence-corrected chi connectivity index (χ0v) is 14.7. The summed E-state index contributed by atoms with van der Waals surface area (Å²) in [7, 11) is 0. The molecule has 1 aliphatic rings. The number of non-ortho nitro benzene ring substituents is 1. The molecule has 1 heterocycles. The van der Waals surface area contributed by atoms with Gasteiger partial charge >= 0.3 is 0 Å². The van der Waals surface area contributed by atoms with Crippen molar-refractivity contribution >= 4 is 34.9 Å². The maximum atomic E-state index is 10.6. The van der Waals surface area contributed by atoms with Gasteiger partial charge in [0.25, 0.3) is 5.69 Å². The minimum atomic E-state index is -0.627. The molecule has 7 nitrogen and oxygen atoms in total. The number of oxime groups is 1. The quantitative estimate of drug-likeness (QED) is 0.448. The van der Waals surface area contributed by atoms with E-state index < -0.39 is 11.0 Å². The molecule has 0 saturated carbocycles. The monoisotopic (exact) mass is 377 g/mol. The normalized spacial score (nSPS) is 17.0. The Morgan fingerprint density at radius 2 is 1.96 bits per heavy atom. The Hall–Kier alpha value is -1.41. The largest absolute Gasteiger partial charge is 0.392 e. The van der Waals surface area contributed by atoms with E-state index in [4.69, 9.17) is 16.4 Å². The van der Waals surface area contributed by atoms with Crippen molar-refractivity contribution in [1.82, 2.24) is 4.90 Å². The number of halogens is 2. The van der Waals surface area contributed by atoms with E-state index in [2.05, 4.69) is 10.1 Å². The third kappa shape index (κ3) is 6.60. The maximum Gasteiger partial charge on any atom is 0.269 e. The fourth-order valence-electron chi connectivity index (χ4n) is 2.45. The summed E-state index contributed by atoms with van der Waals surface area (Å²) in [6.07, 6.45) is 2.95. The number of hydrogen-bond donors (Lipinski definition) is 1. The van der Waals surface area contributed by atoms with Crippen molar-refractivity contribution in [1.29, 1.82) is 0 Å². The Bertz CT molecular complexity index is 548. The summed E-state index contributed by atoms with van der Waals surface area (Å²) in [6.45, 7) is 2.62. The third-order valence-corrected chi connectivity index (χ3v) is 3.93. The summed E-state index contributed by atoms with van der Waals surface area (Å²) >= 11 is 5.98. The molecule has 1 unspecified atom stereocenters. The first-order chi connectivity index (χ1) is 11.1.